The summed E-state index contributed by atoms with van der Waals surface area (Å²) in [6.45, 7) is 2.99. The second-order valence-corrected chi connectivity index (χ2v) is 5.79. The van der Waals surface area contributed by atoms with Crippen LogP contribution in [0.25, 0.3) is 0 Å². The summed E-state index contributed by atoms with van der Waals surface area (Å²) in [5.41, 5.74) is -0.0123. The molecular formula is C10H12N4O5S. The number of aromatic nitrogens is 3. The number of aryl methyl sites for hydroxylation is 2. The molecule has 0 aliphatic heterocycles. The van der Waals surface area contributed by atoms with E-state index in [-0.39, 0.29) is 17.1 Å². The van der Waals surface area contributed by atoms with Crippen LogP contribution in [0.4, 0.5) is 0 Å². The van der Waals surface area contributed by atoms with Crippen molar-refractivity contribution in [3.8, 4) is 0 Å². The molecule has 2 heterocycles. The maximum absolute atomic E-state index is 12.1. The Hall–Kier alpha value is -2.20. The lowest BCUT2D eigenvalue weighted by Gasteiger charge is -2.04. The third kappa shape index (κ3) is 2.70. The van der Waals surface area contributed by atoms with Crippen LogP contribution in [-0.2, 0) is 16.6 Å². The standard InChI is InChI=1S/C10H12N4O5S/c1-5-3-7(14-19-5)4-11-20(17,18)9-6(2)12-13-8(9)10(15)16/h3,11H,4H2,1-2H3,(H,12,13)(H,15,16). The Balaban J connectivity index is 2.27. The van der Waals surface area contributed by atoms with Gasteiger partial charge in [0.05, 0.1) is 17.9 Å². The molecule has 3 N–H and O–H groups in total. The lowest BCUT2D eigenvalue weighted by molar-refractivity contribution is 0.0686. The smallest absolute Gasteiger partial charge is 0.357 e. The van der Waals surface area contributed by atoms with E-state index in [1.54, 1.807) is 13.0 Å². The Morgan fingerprint density at radius 3 is 2.75 bits per heavy atom. The second kappa shape index (κ2) is 5.06. The van der Waals surface area contributed by atoms with E-state index in [9.17, 15) is 13.2 Å². The third-order valence-electron chi connectivity index (χ3n) is 2.48. The highest BCUT2D eigenvalue weighted by molar-refractivity contribution is 7.89. The Bertz CT molecular complexity index is 746. The minimum absolute atomic E-state index is 0.108. The average Bonchev–Trinajstić information content (AvgIpc) is 2.93. The first-order chi connectivity index (χ1) is 9.31. The van der Waals surface area contributed by atoms with Crippen molar-refractivity contribution in [2.75, 3.05) is 0 Å². The zero-order chi connectivity index (χ0) is 14.9. The number of rotatable bonds is 5. The highest BCUT2D eigenvalue weighted by Gasteiger charge is 2.28. The molecule has 10 heteroatoms. The molecule has 0 amide bonds. The molecule has 0 aliphatic rings. The van der Waals surface area contributed by atoms with Crippen molar-refractivity contribution in [2.24, 2.45) is 0 Å². The van der Waals surface area contributed by atoms with Crippen LogP contribution >= 0.6 is 0 Å². The molecule has 108 valence electrons. The number of hydrogen-bond donors (Lipinski definition) is 3. The second-order valence-electron chi connectivity index (χ2n) is 4.08. The van der Waals surface area contributed by atoms with Gasteiger partial charge in [0.1, 0.15) is 10.7 Å². The van der Waals surface area contributed by atoms with E-state index in [0.717, 1.165) is 0 Å². The van der Waals surface area contributed by atoms with Crippen LogP contribution in [0.1, 0.15) is 27.6 Å². The van der Waals surface area contributed by atoms with Gasteiger partial charge in [-0.05, 0) is 13.8 Å². The number of aromatic carboxylic acids is 1. The monoisotopic (exact) mass is 300 g/mol. The molecule has 2 aromatic heterocycles. The maximum Gasteiger partial charge on any atom is 0.357 e. The van der Waals surface area contributed by atoms with Crippen molar-refractivity contribution in [3.63, 3.8) is 0 Å². The lowest BCUT2D eigenvalue weighted by atomic mass is 10.4. The van der Waals surface area contributed by atoms with Gasteiger partial charge in [-0.25, -0.2) is 17.9 Å². The molecular weight excluding hydrogens is 288 g/mol. The third-order valence-corrected chi connectivity index (χ3v) is 4.04. The predicted octanol–water partition coefficient (Wildman–Crippen LogP) is 0.191. The summed E-state index contributed by atoms with van der Waals surface area (Å²) in [4.78, 5) is 10.6. The summed E-state index contributed by atoms with van der Waals surface area (Å²) in [6, 6.07) is 1.57. The van der Waals surface area contributed by atoms with E-state index in [1.165, 1.54) is 6.92 Å². The first-order valence-corrected chi connectivity index (χ1v) is 6.99. The fourth-order valence-electron chi connectivity index (χ4n) is 1.64. The van der Waals surface area contributed by atoms with Crippen LogP contribution in [0.3, 0.4) is 0 Å². The molecule has 2 rings (SSSR count). The van der Waals surface area contributed by atoms with E-state index >= 15 is 0 Å². The fraction of sp³-hybridized carbons (Fsp3) is 0.300. The average molecular weight is 300 g/mol. The van der Waals surface area contributed by atoms with Gasteiger partial charge in [-0.2, -0.15) is 5.10 Å². The van der Waals surface area contributed by atoms with Crippen molar-refractivity contribution in [1.29, 1.82) is 0 Å². The van der Waals surface area contributed by atoms with Crippen molar-refractivity contribution in [2.45, 2.75) is 25.3 Å². The number of sulfonamides is 1. The SMILES string of the molecule is Cc1cc(CNS(=O)(=O)c2c(C(=O)O)n[nH]c2C)no1. The zero-order valence-corrected chi connectivity index (χ0v) is 11.5. The zero-order valence-electron chi connectivity index (χ0n) is 10.7. The topological polar surface area (TPSA) is 138 Å². The molecule has 0 radical (unpaired) electrons. The van der Waals surface area contributed by atoms with Crippen molar-refractivity contribution < 1.29 is 22.8 Å². The largest absolute Gasteiger partial charge is 0.476 e. The van der Waals surface area contributed by atoms with Crippen molar-refractivity contribution in [1.82, 2.24) is 20.1 Å². The fourth-order valence-corrected chi connectivity index (χ4v) is 2.95. The Labute approximate surface area is 114 Å². The number of carbonyl (C=O) groups is 1. The molecule has 20 heavy (non-hydrogen) atoms. The van der Waals surface area contributed by atoms with Gasteiger partial charge < -0.3 is 9.63 Å². The maximum atomic E-state index is 12.1. The minimum atomic E-state index is -4.02. The van der Waals surface area contributed by atoms with Gasteiger partial charge in [-0.3, -0.25) is 5.10 Å². The van der Waals surface area contributed by atoms with Gasteiger partial charge >= 0.3 is 5.97 Å². The van der Waals surface area contributed by atoms with Crippen molar-refractivity contribution in [3.05, 3.63) is 28.9 Å². The van der Waals surface area contributed by atoms with Gasteiger partial charge in [0.2, 0.25) is 10.0 Å². The molecule has 0 aliphatic carbocycles. The Morgan fingerprint density at radius 2 is 2.20 bits per heavy atom. The molecule has 0 unspecified atom stereocenters. The molecule has 0 bridgehead atoms. The van der Waals surface area contributed by atoms with E-state index in [4.69, 9.17) is 9.63 Å². The highest BCUT2D eigenvalue weighted by Crippen LogP contribution is 2.17. The summed E-state index contributed by atoms with van der Waals surface area (Å²) in [6.07, 6.45) is 0. The molecule has 0 atom stereocenters. The number of aromatic amines is 1. The number of H-pyrrole nitrogens is 1. The quantitative estimate of drug-likeness (QED) is 0.716. The number of carboxylic acids is 1. The molecule has 9 nitrogen and oxygen atoms in total. The summed E-state index contributed by atoms with van der Waals surface area (Å²) in [7, 11) is -4.02. The number of nitrogens with one attached hydrogen (secondary N) is 2. The first-order valence-electron chi connectivity index (χ1n) is 5.51. The van der Waals surface area contributed by atoms with E-state index < -0.39 is 21.7 Å². The minimum Gasteiger partial charge on any atom is -0.476 e. The van der Waals surface area contributed by atoms with Gasteiger partial charge in [-0.15, -0.1) is 0 Å². The molecule has 0 saturated heterocycles. The van der Waals surface area contributed by atoms with Crippen LogP contribution < -0.4 is 4.72 Å². The summed E-state index contributed by atoms with van der Waals surface area (Å²) in [5, 5.41) is 18.4. The van der Waals surface area contributed by atoms with E-state index in [0.29, 0.717) is 11.5 Å². The molecule has 2 aromatic rings. The van der Waals surface area contributed by atoms with Crippen LogP contribution in [0.2, 0.25) is 0 Å². The van der Waals surface area contributed by atoms with Gasteiger partial charge in [0.15, 0.2) is 5.69 Å². The Morgan fingerprint density at radius 1 is 1.50 bits per heavy atom. The molecule has 0 spiro atoms. The lowest BCUT2D eigenvalue weighted by Crippen LogP contribution is -2.25. The first kappa shape index (κ1) is 14.2. The predicted molar refractivity (Wildman–Crippen MR) is 65.5 cm³/mol. The van der Waals surface area contributed by atoms with Crippen LogP contribution in [-0.4, -0.2) is 34.8 Å². The number of carboxylic acid groups (broad SMARTS) is 1. The Kier molecular flexibility index (Phi) is 3.59. The number of nitrogens with zero attached hydrogens (tertiary/aromatic N) is 2. The van der Waals surface area contributed by atoms with Gasteiger partial charge in [-0.1, -0.05) is 5.16 Å². The normalized spacial score (nSPS) is 11.7. The number of hydrogen-bond acceptors (Lipinski definition) is 6. The van der Waals surface area contributed by atoms with Crippen molar-refractivity contribution >= 4 is 16.0 Å². The van der Waals surface area contributed by atoms with Gasteiger partial charge in [0.25, 0.3) is 0 Å². The molecule has 0 aromatic carbocycles. The molecule has 0 saturated carbocycles. The van der Waals surface area contributed by atoms with Gasteiger partial charge in [0, 0.05) is 6.07 Å². The van der Waals surface area contributed by atoms with E-state index in [1.807, 2.05) is 0 Å². The highest BCUT2D eigenvalue weighted by atomic mass is 32.2. The van der Waals surface area contributed by atoms with E-state index in [2.05, 4.69) is 20.1 Å². The van der Waals surface area contributed by atoms with Crippen LogP contribution in [0.5, 0.6) is 0 Å². The summed E-state index contributed by atoms with van der Waals surface area (Å²) < 4.78 is 31.3. The van der Waals surface area contributed by atoms with Crippen LogP contribution in [0.15, 0.2) is 15.5 Å². The summed E-state index contributed by atoms with van der Waals surface area (Å²) in [5.74, 6) is -0.878. The summed E-state index contributed by atoms with van der Waals surface area (Å²) >= 11 is 0. The van der Waals surface area contributed by atoms with Crippen LogP contribution in [0, 0.1) is 13.8 Å². The molecule has 0 fully saturated rings.